The van der Waals surface area contributed by atoms with Crippen molar-refractivity contribution < 1.29 is 13.9 Å². The van der Waals surface area contributed by atoms with Gasteiger partial charge in [0.1, 0.15) is 11.7 Å². The van der Waals surface area contributed by atoms with Gasteiger partial charge in [-0.05, 0) is 12.1 Å². The molecule has 2 heterocycles. The summed E-state index contributed by atoms with van der Waals surface area (Å²) in [6.07, 6.45) is 0.322. The molecule has 0 aliphatic carbocycles. The largest absolute Gasteiger partial charge is 0.382 e. The first-order chi connectivity index (χ1) is 11.0. The fourth-order valence-corrected chi connectivity index (χ4v) is 2.26. The van der Waals surface area contributed by atoms with Gasteiger partial charge in [0, 0.05) is 18.3 Å². The second-order valence-electron chi connectivity index (χ2n) is 4.84. The molecule has 1 aromatic carbocycles. The molecule has 23 heavy (non-hydrogen) atoms. The quantitative estimate of drug-likeness (QED) is 0.796. The summed E-state index contributed by atoms with van der Waals surface area (Å²) < 4.78 is 27.7. The molecule has 0 saturated heterocycles. The predicted octanol–water partition coefficient (Wildman–Crippen LogP) is 1.85. The van der Waals surface area contributed by atoms with Gasteiger partial charge < -0.3 is 16.2 Å². The lowest BCUT2D eigenvalue weighted by molar-refractivity contribution is 0.235. The van der Waals surface area contributed by atoms with Crippen LogP contribution in [0.5, 0.6) is 0 Å². The summed E-state index contributed by atoms with van der Waals surface area (Å²) in [5.74, 6) is -1.64. The Morgan fingerprint density at radius 2 is 2.09 bits per heavy atom. The number of hydrogen-bond donors (Lipinski definition) is 3. The molecule has 9 heteroatoms. The Balaban J connectivity index is 1.99. The van der Waals surface area contributed by atoms with E-state index in [9.17, 15) is 13.9 Å². The van der Waals surface area contributed by atoms with E-state index in [0.29, 0.717) is 5.03 Å². The molecule has 1 unspecified atom stereocenters. The molecule has 3 rings (SSSR count). The Hall–Kier alpha value is -2.45. The molecule has 0 saturated carbocycles. The first-order valence-corrected chi connectivity index (χ1v) is 6.98. The number of aliphatic hydroxyl groups excluding tert-OH is 1. The van der Waals surface area contributed by atoms with Crippen LogP contribution in [0.2, 0.25) is 0 Å². The first kappa shape index (κ1) is 15.4. The third-order valence-electron chi connectivity index (χ3n) is 3.22. The summed E-state index contributed by atoms with van der Waals surface area (Å²) in [7, 11) is 0. The van der Waals surface area contributed by atoms with Crippen LogP contribution >= 0.6 is 11.6 Å². The lowest BCUT2D eigenvalue weighted by Gasteiger charge is -2.18. The summed E-state index contributed by atoms with van der Waals surface area (Å²) in [4.78, 5) is 4.10. The second-order valence-corrected chi connectivity index (χ2v) is 5.33. The van der Waals surface area contributed by atoms with Crippen molar-refractivity contribution in [3.8, 4) is 5.69 Å². The lowest BCUT2D eigenvalue weighted by Crippen LogP contribution is -2.30. The summed E-state index contributed by atoms with van der Waals surface area (Å²) in [5.41, 5.74) is 6.15. The molecule has 0 spiro atoms. The molecular weight excluding hydrogens is 328 g/mol. The van der Waals surface area contributed by atoms with Crippen LogP contribution in [0.15, 0.2) is 40.5 Å². The number of aliphatic imine (C=N–C) groups is 1. The minimum atomic E-state index is -1.19. The number of hydrogen-bond acceptors (Lipinski definition) is 5. The Morgan fingerprint density at radius 3 is 2.74 bits per heavy atom. The molecule has 0 radical (unpaired) electrons. The fraction of sp³-hybridized carbons (Fsp3) is 0.143. The van der Waals surface area contributed by atoms with E-state index in [0.717, 1.165) is 12.1 Å². The Morgan fingerprint density at radius 1 is 1.30 bits per heavy atom. The topological polar surface area (TPSA) is 88.5 Å². The van der Waals surface area contributed by atoms with E-state index >= 15 is 0 Å². The number of nitrogen functional groups attached to an aromatic ring is 1. The summed E-state index contributed by atoms with van der Waals surface area (Å²) in [6.45, 7) is 0.232. The zero-order valence-electron chi connectivity index (χ0n) is 11.7. The van der Waals surface area contributed by atoms with Crippen LogP contribution < -0.4 is 11.1 Å². The number of benzene rings is 1. The van der Waals surface area contributed by atoms with Crippen molar-refractivity contribution in [1.82, 2.24) is 15.1 Å². The third kappa shape index (κ3) is 3.03. The van der Waals surface area contributed by atoms with E-state index < -0.39 is 17.7 Å². The molecular formula is C14H12ClF2N5O. The molecule has 1 aliphatic heterocycles. The average molecular weight is 340 g/mol. The maximum absolute atomic E-state index is 13.4. The highest BCUT2D eigenvalue weighted by Crippen LogP contribution is 2.23. The summed E-state index contributed by atoms with van der Waals surface area (Å²) in [6, 6.07) is 4.69. The van der Waals surface area contributed by atoms with Crippen molar-refractivity contribution in [3.05, 3.63) is 52.8 Å². The van der Waals surface area contributed by atoms with E-state index in [-0.39, 0.29) is 29.6 Å². The number of halogens is 3. The molecule has 1 atom stereocenters. The van der Waals surface area contributed by atoms with Crippen molar-refractivity contribution >= 4 is 23.3 Å². The van der Waals surface area contributed by atoms with Gasteiger partial charge in [-0.1, -0.05) is 11.6 Å². The van der Waals surface area contributed by atoms with Gasteiger partial charge >= 0.3 is 0 Å². The van der Waals surface area contributed by atoms with Gasteiger partial charge in [0.15, 0.2) is 17.7 Å². The molecule has 0 amide bonds. The minimum absolute atomic E-state index is 0.119. The van der Waals surface area contributed by atoms with Gasteiger partial charge in [-0.25, -0.2) is 13.5 Å². The van der Waals surface area contributed by atoms with E-state index in [1.54, 1.807) is 0 Å². The molecule has 0 bridgehead atoms. The van der Waals surface area contributed by atoms with Crippen LogP contribution in [0.1, 0.15) is 11.8 Å². The van der Waals surface area contributed by atoms with Crippen LogP contribution in [0, 0.1) is 11.6 Å². The van der Waals surface area contributed by atoms with Crippen LogP contribution in [-0.2, 0) is 0 Å². The van der Waals surface area contributed by atoms with Gasteiger partial charge in [0.25, 0.3) is 0 Å². The highest BCUT2D eigenvalue weighted by atomic mass is 35.5. The van der Waals surface area contributed by atoms with Gasteiger partial charge in [0.2, 0.25) is 0 Å². The number of rotatable bonds is 3. The highest BCUT2D eigenvalue weighted by molar-refractivity contribution is 6.30. The van der Waals surface area contributed by atoms with Crippen molar-refractivity contribution in [2.75, 3.05) is 12.3 Å². The predicted molar refractivity (Wildman–Crippen MR) is 82.2 cm³/mol. The highest BCUT2D eigenvalue weighted by Gasteiger charge is 2.23. The number of nitrogens with one attached hydrogen (secondary N) is 1. The fourth-order valence-electron chi connectivity index (χ4n) is 2.14. The summed E-state index contributed by atoms with van der Waals surface area (Å²) >= 11 is 5.79. The Labute approximate surface area is 134 Å². The Kier molecular flexibility index (Phi) is 4.01. The van der Waals surface area contributed by atoms with Crippen molar-refractivity contribution in [1.29, 1.82) is 0 Å². The SMILES string of the molecule is Nc1cc(C(O)C2=NCC(Cl)=CN2)n(-c2ccc(F)c(F)c2)n1. The van der Waals surface area contributed by atoms with Gasteiger partial charge in [-0.3, -0.25) is 4.99 Å². The van der Waals surface area contributed by atoms with Crippen LogP contribution in [0.3, 0.4) is 0 Å². The second kappa shape index (κ2) is 5.98. The Bertz CT molecular complexity index is 817. The molecule has 4 N–H and O–H groups in total. The minimum Gasteiger partial charge on any atom is -0.382 e. The summed E-state index contributed by atoms with van der Waals surface area (Å²) in [5, 5.41) is 17.7. The number of nitrogens with two attached hydrogens (primary N) is 1. The van der Waals surface area contributed by atoms with Crippen molar-refractivity contribution in [2.45, 2.75) is 6.10 Å². The third-order valence-corrected chi connectivity index (χ3v) is 3.45. The molecule has 2 aromatic rings. The van der Waals surface area contributed by atoms with Crippen molar-refractivity contribution in [2.24, 2.45) is 4.99 Å². The number of aliphatic hydroxyl groups is 1. The van der Waals surface area contributed by atoms with Crippen molar-refractivity contribution in [3.63, 3.8) is 0 Å². The number of amidine groups is 1. The molecule has 120 valence electrons. The normalized spacial score (nSPS) is 15.7. The average Bonchev–Trinajstić information content (AvgIpc) is 2.92. The van der Waals surface area contributed by atoms with Crippen LogP contribution in [0.25, 0.3) is 5.69 Å². The zero-order chi connectivity index (χ0) is 16.6. The van der Waals surface area contributed by atoms with Gasteiger partial charge in [-0.2, -0.15) is 5.10 Å². The lowest BCUT2D eigenvalue weighted by atomic mass is 10.2. The number of nitrogens with zero attached hydrogens (tertiary/aromatic N) is 3. The first-order valence-electron chi connectivity index (χ1n) is 6.60. The molecule has 1 aliphatic rings. The van der Waals surface area contributed by atoms with E-state index in [1.165, 1.54) is 23.0 Å². The van der Waals surface area contributed by atoms with E-state index in [4.69, 9.17) is 17.3 Å². The van der Waals surface area contributed by atoms with E-state index in [2.05, 4.69) is 15.4 Å². The molecule has 1 aromatic heterocycles. The maximum atomic E-state index is 13.4. The smallest absolute Gasteiger partial charge is 0.160 e. The standard InChI is InChI=1S/C14H12ClF2N5O/c15-7-5-19-14(20-6-7)13(23)11-4-12(18)21-22(11)8-1-2-9(16)10(17)3-8/h1-5,13,23H,6H2,(H2,18,21)(H,19,20). The number of anilines is 1. The van der Waals surface area contributed by atoms with Crippen LogP contribution in [0.4, 0.5) is 14.6 Å². The van der Waals surface area contributed by atoms with Crippen LogP contribution in [-0.4, -0.2) is 27.3 Å². The zero-order valence-corrected chi connectivity index (χ0v) is 12.4. The molecule has 6 nitrogen and oxygen atoms in total. The van der Waals surface area contributed by atoms with Gasteiger partial charge in [0.05, 0.1) is 23.0 Å². The van der Waals surface area contributed by atoms with Gasteiger partial charge in [-0.15, -0.1) is 0 Å². The molecule has 0 fully saturated rings. The monoisotopic (exact) mass is 339 g/mol. The number of aromatic nitrogens is 2. The maximum Gasteiger partial charge on any atom is 0.160 e. The van der Waals surface area contributed by atoms with E-state index in [1.807, 2.05) is 0 Å².